The van der Waals surface area contributed by atoms with Crippen molar-refractivity contribution in [3.8, 4) is 5.82 Å². The summed E-state index contributed by atoms with van der Waals surface area (Å²) in [5.74, 6) is 0.797. The van der Waals surface area contributed by atoms with E-state index in [1.165, 1.54) is 0 Å². The molecule has 19 heavy (non-hydrogen) atoms. The van der Waals surface area contributed by atoms with Gasteiger partial charge in [0.05, 0.1) is 5.69 Å². The van der Waals surface area contributed by atoms with Crippen molar-refractivity contribution >= 4 is 5.84 Å². The summed E-state index contributed by atoms with van der Waals surface area (Å²) in [4.78, 5) is 4.44. The fraction of sp³-hybridized carbons (Fsp3) is 0.286. The van der Waals surface area contributed by atoms with Gasteiger partial charge in [0.2, 0.25) is 0 Å². The number of hydrogen-bond donors (Lipinski definition) is 2. The highest BCUT2D eigenvalue weighted by Gasteiger charge is 2.14. The Morgan fingerprint density at radius 1 is 1.32 bits per heavy atom. The molecule has 2 aromatic heterocycles. The number of hydrogen-bond acceptors (Lipinski definition) is 3. The third-order valence-corrected chi connectivity index (χ3v) is 2.98. The molecule has 2 aromatic rings. The first-order valence-electron chi connectivity index (χ1n) is 6.05. The Hall–Kier alpha value is -2.30. The Balaban J connectivity index is 2.41. The van der Waals surface area contributed by atoms with Gasteiger partial charge in [-0.05, 0) is 29.2 Å². The summed E-state index contributed by atoms with van der Waals surface area (Å²) in [6.45, 7) is 6.42. The monoisotopic (exact) mass is 258 g/mol. The molecule has 5 nitrogen and oxygen atoms in total. The summed E-state index contributed by atoms with van der Waals surface area (Å²) in [7, 11) is 0. The third-order valence-electron chi connectivity index (χ3n) is 2.98. The van der Waals surface area contributed by atoms with E-state index in [2.05, 4.69) is 30.9 Å². The van der Waals surface area contributed by atoms with Crippen molar-refractivity contribution in [2.75, 3.05) is 0 Å². The fourth-order valence-electron chi connectivity index (χ4n) is 1.81. The lowest BCUT2D eigenvalue weighted by Crippen LogP contribution is -2.18. The summed E-state index contributed by atoms with van der Waals surface area (Å²) >= 11 is 0. The minimum Gasteiger partial charge on any atom is -0.409 e. The zero-order valence-electron chi connectivity index (χ0n) is 11.3. The molecule has 2 rings (SSSR count). The Kier molecular flexibility index (Phi) is 3.29. The van der Waals surface area contributed by atoms with E-state index < -0.39 is 0 Å². The van der Waals surface area contributed by atoms with Gasteiger partial charge in [-0.2, -0.15) is 0 Å². The van der Waals surface area contributed by atoms with Crippen molar-refractivity contribution in [3.63, 3.8) is 0 Å². The maximum atomic E-state index is 8.76. The SMILES string of the molecule is CC(C)(C)c1ccc(-n2cccc2/C(N)=N/O)nc1. The maximum Gasteiger partial charge on any atom is 0.187 e. The van der Waals surface area contributed by atoms with E-state index in [0.29, 0.717) is 5.69 Å². The first-order valence-corrected chi connectivity index (χ1v) is 6.05. The average Bonchev–Trinajstić information content (AvgIpc) is 2.86. The molecular formula is C14H18N4O. The van der Waals surface area contributed by atoms with Gasteiger partial charge in [-0.1, -0.05) is 32.0 Å². The van der Waals surface area contributed by atoms with Gasteiger partial charge in [-0.15, -0.1) is 0 Å². The number of rotatable bonds is 2. The van der Waals surface area contributed by atoms with Crippen LogP contribution in [0, 0.1) is 0 Å². The number of aromatic nitrogens is 2. The molecule has 0 amide bonds. The Morgan fingerprint density at radius 3 is 2.58 bits per heavy atom. The molecule has 3 N–H and O–H groups in total. The lowest BCUT2D eigenvalue weighted by Gasteiger charge is -2.18. The Bertz CT molecular complexity index is 591. The summed E-state index contributed by atoms with van der Waals surface area (Å²) in [5.41, 5.74) is 7.46. The van der Waals surface area contributed by atoms with Crippen molar-refractivity contribution in [2.24, 2.45) is 10.9 Å². The van der Waals surface area contributed by atoms with Crippen LogP contribution in [0.25, 0.3) is 5.82 Å². The minimum atomic E-state index is 0.0618. The van der Waals surface area contributed by atoms with Crippen molar-refractivity contribution in [1.29, 1.82) is 0 Å². The van der Waals surface area contributed by atoms with Crippen molar-refractivity contribution in [2.45, 2.75) is 26.2 Å². The van der Waals surface area contributed by atoms with E-state index >= 15 is 0 Å². The van der Waals surface area contributed by atoms with E-state index in [9.17, 15) is 0 Å². The summed E-state index contributed by atoms with van der Waals surface area (Å²) in [6.07, 6.45) is 3.68. The molecule has 0 aliphatic rings. The van der Waals surface area contributed by atoms with Gasteiger partial charge in [0, 0.05) is 12.4 Å². The smallest absolute Gasteiger partial charge is 0.187 e. The first kappa shape index (κ1) is 13.1. The molecule has 5 heteroatoms. The second-order valence-corrected chi connectivity index (χ2v) is 5.40. The van der Waals surface area contributed by atoms with Gasteiger partial charge in [0.25, 0.3) is 0 Å². The molecule has 0 aliphatic carbocycles. The second-order valence-electron chi connectivity index (χ2n) is 5.40. The number of nitrogens with zero attached hydrogens (tertiary/aromatic N) is 3. The van der Waals surface area contributed by atoms with Crippen molar-refractivity contribution in [1.82, 2.24) is 9.55 Å². The van der Waals surface area contributed by atoms with Gasteiger partial charge in [-0.25, -0.2) is 4.98 Å². The van der Waals surface area contributed by atoms with Gasteiger partial charge < -0.3 is 10.9 Å². The maximum absolute atomic E-state index is 8.76. The Morgan fingerprint density at radius 2 is 2.05 bits per heavy atom. The number of pyridine rings is 1. The summed E-state index contributed by atoms with van der Waals surface area (Å²) in [5, 5.41) is 11.8. The zero-order valence-corrected chi connectivity index (χ0v) is 11.3. The standard InChI is InChI=1S/C14H18N4O/c1-14(2,3)10-6-7-12(16-9-10)18-8-4-5-11(18)13(15)17-19/h4-9,19H,1-3H3,(H2,15,17). The van der Waals surface area contributed by atoms with Crippen LogP contribution in [0.5, 0.6) is 0 Å². The van der Waals surface area contributed by atoms with E-state index in [-0.39, 0.29) is 11.3 Å². The molecular weight excluding hydrogens is 240 g/mol. The van der Waals surface area contributed by atoms with Crippen LogP contribution in [0.15, 0.2) is 41.8 Å². The van der Waals surface area contributed by atoms with Crippen molar-refractivity contribution in [3.05, 3.63) is 47.9 Å². The zero-order chi connectivity index (χ0) is 14.0. The molecule has 0 saturated heterocycles. The molecule has 2 heterocycles. The van der Waals surface area contributed by atoms with Gasteiger partial charge >= 0.3 is 0 Å². The molecule has 0 aliphatic heterocycles. The minimum absolute atomic E-state index is 0.0618. The number of nitrogens with two attached hydrogens (primary N) is 1. The number of oxime groups is 1. The largest absolute Gasteiger partial charge is 0.409 e. The molecule has 0 aromatic carbocycles. The Labute approximate surface area is 112 Å². The molecule has 0 saturated carbocycles. The molecule has 0 bridgehead atoms. The quantitative estimate of drug-likeness (QED) is 0.375. The van der Waals surface area contributed by atoms with Crippen LogP contribution < -0.4 is 5.73 Å². The molecule has 0 fully saturated rings. The van der Waals surface area contributed by atoms with E-state index in [1.54, 1.807) is 10.6 Å². The fourth-order valence-corrected chi connectivity index (χ4v) is 1.81. The van der Waals surface area contributed by atoms with Gasteiger partial charge in [0.1, 0.15) is 5.82 Å². The molecule has 0 spiro atoms. The highest BCUT2D eigenvalue weighted by Crippen LogP contribution is 2.22. The van der Waals surface area contributed by atoms with Crippen LogP contribution in [-0.2, 0) is 5.41 Å². The molecule has 0 unspecified atom stereocenters. The third kappa shape index (κ3) is 2.59. The topological polar surface area (TPSA) is 76.4 Å². The van der Waals surface area contributed by atoms with Crippen LogP contribution in [0.3, 0.4) is 0 Å². The molecule has 100 valence electrons. The van der Waals surface area contributed by atoms with Crippen LogP contribution >= 0.6 is 0 Å². The predicted octanol–water partition coefficient (Wildman–Crippen LogP) is 2.26. The lowest BCUT2D eigenvalue weighted by atomic mass is 9.88. The molecule has 0 atom stereocenters. The van der Waals surface area contributed by atoms with Crippen LogP contribution in [0.1, 0.15) is 32.0 Å². The van der Waals surface area contributed by atoms with E-state index in [1.807, 2.05) is 30.6 Å². The van der Waals surface area contributed by atoms with E-state index in [4.69, 9.17) is 10.9 Å². The van der Waals surface area contributed by atoms with Gasteiger partial charge in [0.15, 0.2) is 5.84 Å². The normalized spacial score (nSPS) is 12.7. The first-order chi connectivity index (χ1) is 8.93. The highest BCUT2D eigenvalue weighted by molar-refractivity contribution is 5.96. The summed E-state index contributed by atoms with van der Waals surface area (Å²) in [6, 6.07) is 7.56. The van der Waals surface area contributed by atoms with Gasteiger partial charge in [-0.3, -0.25) is 4.57 Å². The second kappa shape index (κ2) is 4.76. The van der Waals surface area contributed by atoms with Crippen LogP contribution in [0.4, 0.5) is 0 Å². The highest BCUT2D eigenvalue weighted by atomic mass is 16.4. The number of amidine groups is 1. The average molecular weight is 258 g/mol. The van der Waals surface area contributed by atoms with Crippen LogP contribution in [0.2, 0.25) is 0 Å². The lowest BCUT2D eigenvalue weighted by molar-refractivity contribution is 0.318. The predicted molar refractivity (Wildman–Crippen MR) is 74.8 cm³/mol. The summed E-state index contributed by atoms with van der Waals surface area (Å²) < 4.78 is 1.78. The van der Waals surface area contributed by atoms with Crippen LogP contribution in [-0.4, -0.2) is 20.6 Å². The van der Waals surface area contributed by atoms with Crippen molar-refractivity contribution < 1.29 is 5.21 Å². The van der Waals surface area contributed by atoms with E-state index in [0.717, 1.165) is 11.4 Å². The molecule has 0 radical (unpaired) electrons.